The highest BCUT2D eigenvalue weighted by atomic mass is 16.2. The van der Waals surface area contributed by atoms with Gasteiger partial charge in [-0.15, -0.1) is 0 Å². The maximum atomic E-state index is 12.6. The topological polar surface area (TPSA) is 81.0 Å². The lowest BCUT2D eigenvalue weighted by molar-refractivity contribution is -0.119. The number of rotatable bonds is 5. The molecule has 7 nitrogen and oxygen atoms in total. The molecule has 0 saturated carbocycles. The predicted octanol–water partition coefficient (Wildman–Crippen LogP) is 1.75. The maximum absolute atomic E-state index is 12.6. The van der Waals surface area contributed by atoms with Crippen LogP contribution in [0.15, 0.2) is 55.0 Å². The number of hydrogen-bond donors (Lipinski definition) is 2. The highest BCUT2D eigenvalue weighted by molar-refractivity contribution is 6.06. The molecule has 2 aromatic heterocycles. The van der Waals surface area contributed by atoms with Gasteiger partial charge in [-0.05, 0) is 29.8 Å². The zero-order valence-corrected chi connectivity index (χ0v) is 14.1. The molecule has 0 spiro atoms. The van der Waals surface area contributed by atoms with Gasteiger partial charge in [0.25, 0.3) is 5.91 Å². The fourth-order valence-corrected chi connectivity index (χ4v) is 2.55. The van der Waals surface area contributed by atoms with E-state index in [9.17, 15) is 9.59 Å². The second-order valence-corrected chi connectivity index (χ2v) is 5.60. The van der Waals surface area contributed by atoms with Crippen LogP contribution in [0.2, 0.25) is 0 Å². The third-order valence-electron chi connectivity index (χ3n) is 3.86. The van der Waals surface area contributed by atoms with Crippen LogP contribution in [-0.2, 0) is 18.3 Å². The zero-order chi connectivity index (χ0) is 17.8. The maximum Gasteiger partial charge on any atom is 0.261 e. The van der Waals surface area contributed by atoms with Gasteiger partial charge in [0, 0.05) is 32.2 Å². The molecule has 0 saturated heterocycles. The standard InChI is InChI=1S/C18H19N5O2/c1-19-16(24)11-13-5-7-14(8-6-13)21-17(25)15-12-20-22(2)18(15)23-9-3-4-10-23/h3-10,12H,11H2,1-2H3,(H,19,24)(H,21,25). The van der Waals surface area contributed by atoms with Gasteiger partial charge in [0.1, 0.15) is 11.4 Å². The van der Waals surface area contributed by atoms with Crippen LogP contribution in [-0.4, -0.2) is 33.2 Å². The van der Waals surface area contributed by atoms with Gasteiger partial charge in [0.15, 0.2) is 0 Å². The summed E-state index contributed by atoms with van der Waals surface area (Å²) in [6.45, 7) is 0. The van der Waals surface area contributed by atoms with E-state index >= 15 is 0 Å². The molecular weight excluding hydrogens is 318 g/mol. The summed E-state index contributed by atoms with van der Waals surface area (Å²) in [5, 5.41) is 9.63. The Morgan fingerprint density at radius 1 is 1.12 bits per heavy atom. The Morgan fingerprint density at radius 3 is 2.44 bits per heavy atom. The predicted molar refractivity (Wildman–Crippen MR) is 94.7 cm³/mol. The number of carbonyl (C=O) groups excluding carboxylic acids is 2. The molecule has 3 rings (SSSR count). The van der Waals surface area contributed by atoms with Crippen molar-refractivity contribution in [2.75, 3.05) is 12.4 Å². The third-order valence-corrected chi connectivity index (χ3v) is 3.86. The van der Waals surface area contributed by atoms with E-state index in [1.165, 1.54) is 0 Å². The minimum absolute atomic E-state index is 0.0523. The van der Waals surface area contributed by atoms with Crippen molar-refractivity contribution in [3.63, 3.8) is 0 Å². The first-order valence-electron chi connectivity index (χ1n) is 7.84. The molecule has 128 valence electrons. The average Bonchev–Trinajstić information content (AvgIpc) is 3.25. The number of nitrogens with one attached hydrogen (secondary N) is 2. The Bertz CT molecular complexity index is 879. The number of aromatic nitrogens is 3. The van der Waals surface area contributed by atoms with Crippen molar-refractivity contribution in [3.8, 4) is 5.82 Å². The van der Waals surface area contributed by atoms with Gasteiger partial charge in [-0.3, -0.25) is 14.3 Å². The summed E-state index contributed by atoms with van der Waals surface area (Å²) in [6, 6.07) is 11.0. The van der Waals surface area contributed by atoms with Crippen LogP contribution in [0, 0.1) is 0 Å². The van der Waals surface area contributed by atoms with E-state index in [0.717, 1.165) is 5.56 Å². The van der Waals surface area contributed by atoms with Crippen molar-refractivity contribution in [2.45, 2.75) is 6.42 Å². The Morgan fingerprint density at radius 2 is 1.80 bits per heavy atom. The monoisotopic (exact) mass is 337 g/mol. The lowest BCUT2D eigenvalue weighted by Crippen LogP contribution is -2.20. The lowest BCUT2D eigenvalue weighted by Gasteiger charge is -2.09. The molecule has 1 aromatic carbocycles. The highest BCUT2D eigenvalue weighted by Crippen LogP contribution is 2.17. The first-order chi connectivity index (χ1) is 12.1. The molecule has 0 fully saturated rings. The largest absolute Gasteiger partial charge is 0.359 e. The van der Waals surface area contributed by atoms with E-state index in [0.29, 0.717) is 23.5 Å². The van der Waals surface area contributed by atoms with Gasteiger partial charge < -0.3 is 15.2 Å². The quantitative estimate of drug-likeness (QED) is 0.744. The first kappa shape index (κ1) is 16.5. The number of hydrogen-bond acceptors (Lipinski definition) is 3. The number of nitrogens with zero attached hydrogens (tertiary/aromatic N) is 3. The number of amides is 2. The van der Waals surface area contributed by atoms with E-state index in [1.807, 2.05) is 41.2 Å². The number of likely N-dealkylation sites (N-methyl/N-ethyl adjacent to an activating group) is 1. The van der Waals surface area contributed by atoms with E-state index in [2.05, 4.69) is 15.7 Å². The fraction of sp³-hybridized carbons (Fsp3) is 0.167. The number of carbonyl (C=O) groups is 2. The van der Waals surface area contributed by atoms with E-state index < -0.39 is 0 Å². The summed E-state index contributed by atoms with van der Waals surface area (Å²) in [7, 11) is 3.40. The molecule has 2 heterocycles. The summed E-state index contributed by atoms with van der Waals surface area (Å²) in [4.78, 5) is 24.0. The van der Waals surface area contributed by atoms with Gasteiger partial charge in [0.05, 0.1) is 12.6 Å². The average molecular weight is 337 g/mol. The number of aryl methyl sites for hydroxylation is 1. The highest BCUT2D eigenvalue weighted by Gasteiger charge is 2.17. The van der Waals surface area contributed by atoms with Gasteiger partial charge >= 0.3 is 0 Å². The van der Waals surface area contributed by atoms with Crippen molar-refractivity contribution in [3.05, 3.63) is 66.1 Å². The summed E-state index contributed by atoms with van der Waals surface area (Å²) < 4.78 is 3.50. The smallest absolute Gasteiger partial charge is 0.261 e. The van der Waals surface area contributed by atoms with Gasteiger partial charge in [-0.2, -0.15) is 5.10 Å². The van der Waals surface area contributed by atoms with Crippen LogP contribution in [0.1, 0.15) is 15.9 Å². The van der Waals surface area contributed by atoms with Crippen LogP contribution in [0.5, 0.6) is 0 Å². The molecule has 0 bridgehead atoms. The number of anilines is 1. The van der Waals surface area contributed by atoms with Crippen LogP contribution < -0.4 is 10.6 Å². The van der Waals surface area contributed by atoms with E-state index in [-0.39, 0.29) is 11.8 Å². The Kier molecular flexibility index (Phi) is 4.65. The molecule has 3 aromatic rings. The normalized spacial score (nSPS) is 10.5. The molecule has 25 heavy (non-hydrogen) atoms. The summed E-state index contributed by atoms with van der Waals surface area (Å²) in [5.41, 5.74) is 2.02. The van der Waals surface area contributed by atoms with Gasteiger partial charge in [-0.1, -0.05) is 12.1 Å². The van der Waals surface area contributed by atoms with E-state index in [4.69, 9.17) is 0 Å². The molecule has 0 aliphatic carbocycles. The summed E-state index contributed by atoms with van der Waals surface area (Å²) in [6.07, 6.45) is 5.58. The molecule has 0 aliphatic rings. The van der Waals surface area contributed by atoms with Crippen LogP contribution in [0.4, 0.5) is 5.69 Å². The molecule has 7 heteroatoms. The van der Waals surface area contributed by atoms with Crippen LogP contribution in [0.25, 0.3) is 5.82 Å². The Balaban J connectivity index is 1.76. The molecule has 0 radical (unpaired) electrons. The summed E-state index contributed by atoms with van der Waals surface area (Å²) >= 11 is 0. The lowest BCUT2D eigenvalue weighted by atomic mass is 10.1. The molecular formula is C18H19N5O2. The van der Waals surface area contributed by atoms with E-state index in [1.54, 1.807) is 37.1 Å². The number of benzene rings is 1. The van der Waals surface area contributed by atoms with Crippen molar-refractivity contribution < 1.29 is 9.59 Å². The van der Waals surface area contributed by atoms with Gasteiger partial charge in [-0.25, -0.2) is 0 Å². The SMILES string of the molecule is CNC(=O)Cc1ccc(NC(=O)c2cnn(C)c2-n2cccc2)cc1. The Hall–Kier alpha value is -3.35. The zero-order valence-electron chi connectivity index (χ0n) is 14.1. The molecule has 2 N–H and O–H groups in total. The van der Waals surface area contributed by atoms with Gasteiger partial charge in [0.2, 0.25) is 5.91 Å². The minimum Gasteiger partial charge on any atom is -0.359 e. The first-order valence-corrected chi connectivity index (χ1v) is 7.84. The second-order valence-electron chi connectivity index (χ2n) is 5.60. The van der Waals surface area contributed by atoms with Crippen LogP contribution in [0.3, 0.4) is 0 Å². The molecule has 2 amide bonds. The van der Waals surface area contributed by atoms with Crippen molar-refractivity contribution in [1.29, 1.82) is 0 Å². The third kappa shape index (κ3) is 3.60. The van der Waals surface area contributed by atoms with Crippen molar-refractivity contribution in [1.82, 2.24) is 19.7 Å². The minimum atomic E-state index is -0.240. The molecule has 0 aliphatic heterocycles. The van der Waals surface area contributed by atoms with Crippen molar-refractivity contribution >= 4 is 17.5 Å². The summed E-state index contributed by atoms with van der Waals surface area (Å²) in [5.74, 6) is 0.401. The van der Waals surface area contributed by atoms with Crippen molar-refractivity contribution in [2.24, 2.45) is 7.05 Å². The molecule has 0 atom stereocenters. The Labute approximate surface area is 145 Å². The second kappa shape index (κ2) is 7.04. The molecule has 0 unspecified atom stereocenters. The van der Waals surface area contributed by atoms with Crippen LogP contribution >= 0.6 is 0 Å². The fourth-order valence-electron chi connectivity index (χ4n) is 2.55.